The number of carbonyl (C=O) groups is 1. The van der Waals surface area contributed by atoms with Gasteiger partial charge in [-0.25, -0.2) is 4.79 Å². The topological polar surface area (TPSA) is 70.0 Å². The molecule has 5 nitrogen and oxygen atoms in total. The fourth-order valence-electron chi connectivity index (χ4n) is 2.59. The second-order valence-corrected chi connectivity index (χ2v) is 6.98. The third kappa shape index (κ3) is 3.59. The Morgan fingerprint density at radius 3 is 2.41 bits per heavy atom. The van der Waals surface area contributed by atoms with Crippen LogP contribution in [0.3, 0.4) is 0 Å². The van der Waals surface area contributed by atoms with Crippen LogP contribution in [0.15, 0.2) is 24.3 Å². The van der Waals surface area contributed by atoms with Crippen molar-refractivity contribution in [1.29, 1.82) is 0 Å². The Bertz CT molecular complexity index is 535. The van der Waals surface area contributed by atoms with E-state index in [9.17, 15) is 15.0 Å². The summed E-state index contributed by atoms with van der Waals surface area (Å²) >= 11 is 0. The highest BCUT2D eigenvalue weighted by Crippen LogP contribution is 2.33. The van der Waals surface area contributed by atoms with Gasteiger partial charge in [0.15, 0.2) is 0 Å². The molecule has 1 aliphatic rings. The van der Waals surface area contributed by atoms with Gasteiger partial charge in [-0.05, 0) is 33.3 Å². The third-order valence-corrected chi connectivity index (χ3v) is 3.91. The molecule has 5 heteroatoms. The molecule has 0 saturated carbocycles. The number of hydrogen-bond acceptors (Lipinski definition) is 4. The highest BCUT2D eigenvalue weighted by atomic mass is 16.6. The molecule has 1 fully saturated rings. The number of carbonyl (C=O) groups excluding carboxylic acids is 1. The second-order valence-electron chi connectivity index (χ2n) is 6.98. The number of aliphatic hydroxyl groups excluding tert-OH is 1. The molecule has 1 aliphatic heterocycles. The van der Waals surface area contributed by atoms with Gasteiger partial charge in [0, 0.05) is 13.0 Å². The lowest BCUT2D eigenvalue weighted by molar-refractivity contribution is -0.123. The van der Waals surface area contributed by atoms with Crippen molar-refractivity contribution in [2.45, 2.75) is 51.4 Å². The first-order valence-corrected chi connectivity index (χ1v) is 7.57. The first-order chi connectivity index (χ1) is 10.1. The van der Waals surface area contributed by atoms with Crippen LogP contribution >= 0.6 is 0 Å². The van der Waals surface area contributed by atoms with Crippen LogP contribution in [0.25, 0.3) is 0 Å². The first-order valence-electron chi connectivity index (χ1n) is 7.57. The summed E-state index contributed by atoms with van der Waals surface area (Å²) in [6.45, 7) is 7.76. The number of amides is 1. The number of nitrogens with zero attached hydrogens (tertiary/aromatic N) is 1. The average Bonchev–Trinajstić information content (AvgIpc) is 2.40. The van der Waals surface area contributed by atoms with Crippen LogP contribution < -0.4 is 0 Å². The Labute approximate surface area is 131 Å². The van der Waals surface area contributed by atoms with E-state index in [1.54, 1.807) is 20.8 Å². The summed E-state index contributed by atoms with van der Waals surface area (Å²) < 4.78 is 5.31. The fourth-order valence-corrected chi connectivity index (χ4v) is 2.59. The highest BCUT2D eigenvalue weighted by molar-refractivity contribution is 5.68. The van der Waals surface area contributed by atoms with Crippen molar-refractivity contribution in [3.8, 4) is 0 Å². The molecule has 2 N–H and O–H groups in total. The largest absolute Gasteiger partial charge is 0.444 e. The van der Waals surface area contributed by atoms with Crippen LogP contribution in [0, 0.1) is 6.92 Å². The van der Waals surface area contributed by atoms with E-state index < -0.39 is 23.4 Å². The normalized spacial score (nSPS) is 25.9. The predicted octanol–water partition coefficient (Wildman–Crippen LogP) is 2.18. The van der Waals surface area contributed by atoms with Gasteiger partial charge >= 0.3 is 6.09 Å². The Hall–Kier alpha value is -1.59. The lowest BCUT2D eigenvalue weighted by Gasteiger charge is -2.42. The standard InChI is InChI=1S/C17H25NO4/c1-12-5-7-13(8-6-12)17(21)9-10-18(11-14(17)19)15(20)22-16(2,3)4/h5-8,14,19,21H,9-11H2,1-4H3. The maximum absolute atomic E-state index is 12.1. The minimum absolute atomic E-state index is 0.0549. The number of ether oxygens (including phenoxy) is 1. The van der Waals surface area contributed by atoms with E-state index in [0.717, 1.165) is 5.56 Å². The lowest BCUT2D eigenvalue weighted by atomic mass is 9.82. The van der Waals surface area contributed by atoms with E-state index in [0.29, 0.717) is 12.1 Å². The quantitative estimate of drug-likeness (QED) is 0.834. The van der Waals surface area contributed by atoms with E-state index in [4.69, 9.17) is 4.74 Å². The minimum Gasteiger partial charge on any atom is -0.444 e. The van der Waals surface area contributed by atoms with Crippen molar-refractivity contribution in [3.63, 3.8) is 0 Å². The van der Waals surface area contributed by atoms with Gasteiger partial charge < -0.3 is 19.8 Å². The summed E-state index contributed by atoms with van der Waals surface area (Å²) in [4.78, 5) is 13.5. The second kappa shape index (κ2) is 5.89. The minimum atomic E-state index is -1.33. The maximum atomic E-state index is 12.1. The summed E-state index contributed by atoms with van der Waals surface area (Å²) in [5, 5.41) is 21.2. The number of aryl methyl sites for hydroxylation is 1. The Balaban J connectivity index is 2.09. The van der Waals surface area contributed by atoms with Crippen LogP contribution in [0.5, 0.6) is 0 Å². The summed E-state index contributed by atoms with van der Waals surface area (Å²) in [7, 11) is 0. The molecule has 0 radical (unpaired) electrons. The molecule has 2 atom stereocenters. The van der Waals surface area contributed by atoms with E-state index in [-0.39, 0.29) is 13.0 Å². The third-order valence-electron chi connectivity index (χ3n) is 3.91. The zero-order chi connectivity index (χ0) is 16.5. The Kier molecular flexibility index (Phi) is 4.49. The van der Waals surface area contributed by atoms with E-state index in [2.05, 4.69) is 0 Å². The Morgan fingerprint density at radius 2 is 1.91 bits per heavy atom. The lowest BCUT2D eigenvalue weighted by Crippen LogP contribution is -2.55. The van der Waals surface area contributed by atoms with E-state index in [1.807, 2.05) is 31.2 Å². The number of aliphatic hydroxyl groups is 2. The first kappa shape index (κ1) is 16.8. The van der Waals surface area contributed by atoms with Crippen molar-refractivity contribution >= 4 is 6.09 Å². The van der Waals surface area contributed by atoms with Crippen molar-refractivity contribution in [2.75, 3.05) is 13.1 Å². The average molecular weight is 307 g/mol. The van der Waals surface area contributed by atoms with Gasteiger partial charge in [0.1, 0.15) is 17.3 Å². The SMILES string of the molecule is Cc1ccc(C2(O)CCN(C(=O)OC(C)(C)C)CC2O)cc1. The van der Waals surface area contributed by atoms with Gasteiger partial charge in [-0.2, -0.15) is 0 Å². The molecule has 0 aromatic heterocycles. The zero-order valence-corrected chi connectivity index (χ0v) is 13.7. The number of β-amino-alcohol motifs (C(OH)–C–C–N with tert-alkyl or cyclic N) is 1. The van der Waals surface area contributed by atoms with E-state index >= 15 is 0 Å². The van der Waals surface area contributed by atoms with Crippen molar-refractivity contribution in [1.82, 2.24) is 4.90 Å². The van der Waals surface area contributed by atoms with E-state index in [1.165, 1.54) is 4.90 Å². The fraction of sp³-hybridized carbons (Fsp3) is 0.588. The number of piperidine rings is 1. The monoisotopic (exact) mass is 307 g/mol. The van der Waals surface area contributed by atoms with Gasteiger partial charge in [0.05, 0.1) is 6.54 Å². The molecule has 2 unspecified atom stereocenters. The van der Waals surface area contributed by atoms with Gasteiger partial charge in [0.25, 0.3) is 0 Å². The molecule has 0 spiro atoms. The molecule has 1 amide bonds. The van der Waals surface area contributed by atoms with Crippen molar-refractivity contribution in [3.05, 3.63) is 35.4 Å². The maximum Gasteiger partial charge on any atom is 0.410 e. The molecule has 1 aromatic rings. The number of rotatable bonds is 1. The Morgan fingerprint density at radius 1 is 1.32 bits per heavy atom. The molecular formula is C17H25NO4. The number of hydrogen-bond donors (Lipinski definition) is 2. The van der Waals surface area contributed by atoms with Gasteiger partial charge in [-0.3, -0.25) is 0 Å². The molecular weight excluding hydrogens is 282 g/mol. The number of likely N-dealkylation sites (tertiary alicyclic amines) is 1. The summed E-state index contributed by atoms with van der Waals surface area (Å²) in [6, 6.07) is 7.45. The zero-order valence-electron chi connectivity index (χ0n) is 13.7. The van der Waals surface area contributed by atoms with Gasteiger partial charge in [0.2, 0.25) is 0 Å². The van der Waals surface area contributed by atoms with Crippen molar-refractivity contribution in [2.24, 2.45) is 0 Å². The van der Waals surface area contributed by atoms with Gasteiger partial charge in [-0.15, -0.1) is 0 Å². The molecule has 0 aliphatic carbocycles. The van der Waals surface area contributed by atoms with Crippen LogP contribution in [0.2, 0.25) is 0 Å². The van der Waals surface area contributed by atoms with Crippen LogP contribution in [-0.4, -0.2) is 46.0 Å². The number of benzene rings is 1. The molecule has 1 saturated heterocycles. The molecule has 2 rings (SSSR count). The predicted molar refractivity (Wildman–Crippen MR) is 83.5 cm³/mol. The smallest absolute Gasteiger partial charge is 0.410 e. The van der Waals surface area contributed by atoms with Crippen LogP contribution in [0.4, 0.5) is 4.79 Å². The molecule has 1 heterocycles. The summed E-state index contributed by atoms with van der Waals surface area (Å²) in [6.07, 6.45) is -1.23. The highest BCUT2D eigenvalue weighted by Gasteiger charge is 2.43. The summed E-state index contributed by atoms with van der Waals surface area (Å²) in [5.74, 6) is 0. The molecule has 0 bridgehead atoms. The summed E-state index contributed by atoms with van der Waals surface area (Å²) in [5.41, 5.74) is -0.138. The van der Waals surface area contributed by atoms with Crippen LogP contribution in [0.1, 0.15) is 38.3 Å². The van der Waals surface area contributed by atoms with Crippen LogP contribution in [-0.2, 0) is 10.3 Å². The molecule has 22 heavy (non-hydrogen) atoms. The molecule has 122 valence electrons. The van der Waals surface area contributed by atoms with Crippen molar-refractivity contribution < 1.29 is 19.7 Å². The molecule has 1 aromatic carbocycles. The van der Waals surface area contributed by atoms with Gasteiger partial charge in [-0.1, -0.05) is 29.8 Å².